The van der Waals surface area contributed by atoms with Crippen molar-refractivity contribution < 1.29 is 19.1 Å². The summed E-state index contributed by atoms with van der Waals surface area (Å²) in [6.07, 6.45) is 1.47. The molecule has 30 heavy (non-hydrogen) atoms. The molecule has 8 nitrogen and oxygen atoms in total. The molecular weight excluding hydrogens is 452 g/mol. The molecule has 152 valence electrons. The van der Waals surface area contributed by atoms with E-state index in [2.05, 4.69) is 36.9 Å². The van der Waals surface area contributed by atoms with Crippen LogP contribution in [0.5, 0.6) is 11.5 Å². The van der Waals surface area contributed by atoms with Crippen LogP contribution in [0.4, 0.5) is 11.4 Å². The van der Waals surface area contributed by atoms with Gasteiger partial charge in [-0.05, 0) is 48.5 Å². The zero-order valence-corrected chi connectivity index (χ0v) is 17.4. The maximum absolute atomic E-state index is 12.1. The maximum Gasteiger partial charge on any atom is 0.314 e. The van der Waals surface area contributed by atoms with E-state index in [1.54, 1.807) is 48.5 Å². The van der Waals surface area contributed by atoms with Crippen LogP contribution in [-0.4, -0.2) is 29.8 Å². The fraction of sp³-hybridized carbons (Fsp3) is 0.0476. The molecule has 0 spiro atoms. The standard InChI is InChI=1S/C21H17BrN4O4/c1-23-19(27)18-12-17(9-10-24-18)30-16-7-5-14(6-8-16)25-20(28)21(29)26-15-4-2-3-13(22)11-15/h2-12H,1H3,(H,23,27)(H,25,28)(H,26,29). The van der Waals surface area contributed by atoms with Gasteiger partial charge in [0.2, 0.25) is 0 Å². The number of rotatable bonds is 5. The van der Waals surface area contributed by atoms with Gasteiger partial charge in [-0.15, -0.1) is 0 Å². The number of nitrogens with one attached hydrogen (secondary N) is 3. The summed E-state index contributed by atoms with van der Waals surface area (Å²) in [6.45, 7) is 0. The number of aromatic nitrogens is 1. The number of hydrogen-bond acceptors (Lipinski definition) is 5. The Kier molecular flexibility index (Phi) is 6.76. The van der Waals surface area contributed by atoms with Crippen molar-refractivity contribution in [3.8, 4) is 11.5 Å². The first-order valence-corrected chi connectivity index (χ1v) is 9.58. The Hall–Kier alpha value is -3.72. The average Bonchev–Trinajstić information content (AvgIpc) is 2.74. The summed E-state index contributed by atoms with van der Waals surface area (Å²) in [4.78, 5) is 39.8. The Morgan fingerprint density at radius 2 is 1.57 bits per heavy atom. The molecule has 0 atom stereocenters. The van der Waals surface area contributed by atoms with Crippen LogP contribution in [0.15, 0.2) is 71.3 Å². The maximum atomic E-state index is 12.1. The molecule has 0 aliphatic rings. The van der Waals surface area contributed by atoms with E-state index in [9.17, 15) is 14.4 Å². The number of benzene rings is 2. The van der Waals surface area contributed by atoms with Gasteiger partial charge in [0.25, 0.3) is 5.91 Å². The fourth-order valence-corrected chi connectivity index (χ4v) is 2.81. The molecule has 0 bridgehead atoms. The van der Waals surface area contributed by atoms with Crippen molar-refractivity contribution in [2.24, 2.45) is 0 Å². The number of pyridine rings is 1. The average molecular weight is 469 g/mol. The normalized spacial score (nSPS) is 10.1. The summed E-state index contributed by atoms with van der Waals surface area (Å²) >= 11 is 3.30. The lowest BCUT2D eigenvalue weighted by Crippen LogP contribution is -2.29. The van der Waals surface area contributed by atoms with Crippen LogP contribution in [0.25, 0.3) is 0 Å². The van der Waals surface area contributed by atoms with Crippen LogP contribution in [-0.2, 0) is 9.59 Å². The van der Waals surface area contributed by atoms with Gasteiger partial charge in [0.05, 0.1) is 0 Å². The van der Waals surface area contributed by atoms with Crippen LogP contribution in [0, 0.1) is 0 Å². The molecule has 3 aromatic rings. The zero-order valence-electron chi connectivity index (χ0n) is 15.8. The first-order chi connectivity index (χ1) is 14.4. The fourth-order valence-electron chi connectivity index (χ4n) is 2.41. The van der Waals surface area contributed by atoms with Crippen molar-refractivity contribution in [3.63, 3.8) is 0 Å². The van der Waals surface area contributed by atoms with Crippen molar-refractivity contribution in [2.45, 2.75) is 0 Å². The van der Waals surface area contributed by atoms with Crippen LogP contribution in [0.1, 0.15) is 10.5 Å². The Labute approximate surface area is 180 Å². The van der Waals surface area contributed by atoms with Crippen LogP contribution < -0.4 is 20.7 Å². The summed E-state index contributed by atoms with van der Waals surface area (Å²) in [7, 11) is 1.52. The highest BCUT2D eigenvalue weighted by molar-refractivity contribution is 9.10. The number of amides is 3. The Morgan fingerprint density at radius 1 is 0.867 bits per heavy atom. The topological polar surface area (TPSA) is 109 Å². The molecule has 1 aromatic heterocycles. The summed E-state index contributed by atoms with van der Waals surface area (Å²) in [5.74, 6) is -0.978. The molecule has 0 radical (unpaired) electrons. The van der Waals surface area contributed by atoms with Gasteiger partial charge < -0.3 is 20.7 Å². The van der Waals surface area contributed by atoms with Gasteiger partial charge in [-0.2, -0.15) is 0 Å². The minimum atomic E-state index is -0.798. The van der Waals surface area contributed by atoms with Crippen molar-refractivity contribution >= 4 is 45.0 Å². The molecule has 1 heterocycles. The van der Waals surface area contributed by atoms with E-state index >= 15 is 0 Å². The van der Waals surface area contributed by atoms with E-state index < -0.39 is 11.8 Å². The molecule has 0 unspecified atom stereocenters. The smallest absolute Gasteiger partial charge is 0.314 e. The number of nitrogens with zero attached hydrogens (tertiary/aromatic N) is 1. The molecule has 0 saturated carbocycles. The van der Waals surface area contributed by atoms with E-state index in [-0.39, 0.29) is 11.6 Å². The monoisotopic (exact) mass is 468 g/mol. The van der Waals surface area contributed by atoms with Gasteiger partial charge in [-0.1, -0.05) is 22.0 Å². The van der Waals surface area contributed by atoms with E-state index in [0.717, 1.165) is 4.47 Å². The third-order valence-corrected chi connectivity index (χ3v) is 4.32. The van der Waals surface area contributed by atoms with Gasteiger partial charge >= 0.3 is 11.8 Å². The van der Waals surface area contributed by atoms with Crippen molar-refractivity contribution in [1.29, 1.82) is 0 Å². The molecule has 0 fully saturated rings. The zero-order chi connectivity index (χ0) is 21.5. The lowest BCUT2D eigenvalue weighted by atomic mass is 10.3. The van der Waals surface area contributed by atoms with Crippen molar-refractivity contribution in [1.82, 2.24) is 10.3 Å². The van der Waals surface area contributed by atoms with Gasteiger partial charge in [0.1, 0.15) is 17.2 Å². The second-order valence-corrected chi connectivity index (χ2v) is 6.92. The Balaban J connectivity index is 1.59. The molecule has 2 aromatic carbocycles. The molecule has 0 aliphatic carbocycles. The molecule has 9 heteroatoms. The van der Waals surface area contributed by atoms with Gasteiger partial charge in [-0.3, -0.25) is 19.4 Å². The third kappa shape index (κ3) is 5.65. The second-order valence-electron chi connectivity index (χ2n) is 6.00. The first-order valence-electron chi connectivity index (χ1n) is 8.78. The predicted molar refractivity (Wildman–Crippen MR) is 116 cm³/mol. The van der Waals surface area contributed by atoms with E-state index in [1.165, 1.54) is 19.3 Å². The third-order valence-electron chi connectivity index (χ3n) is 3.83. The van der Waals surface area contributed by atoms with Gasteiger partial charge in [0.15, 0.2) is 0 Å². The number of halogens is 1. The predicted octanol–water partition coefficient (Wildman–Crippen LogP) is 3.57. The van der Waals surface area contributed by atoms with E-state index in [0.29, 0.717) is 22.9 Å². The highest BCUT2D eigenvalue weighted by Gasteiger charge is 2.14. The van der Waals surface area contributed by atoms with Crippen LogP contribution in [0.3, 0.4) is 0 Å². The molecule has 3 rings (SSSR count). The molecule has 0 aliphatic heterocycles. The lowest BCUT2D eigenvalue weighted by Gasteiger charge is -2.09. The van der Waals surface area contributed by atoms with Crippen LogP contribution in [0.2, 0.25) is 0 Å². The molecule has 3 amide bonds. The highest BCUT2D eigenvalue weighted by atomic mass is 79.9. The minimum Gasteiger partial charge on any atom is -0.457 e. The molecule has 0 saturated heterocycles. The largest absolute Gasteiger partial charge is 0.457 e. The molecular formula is C21H17BrN4O4. The summed E-state index contributed by atoms with van der Waals surface area (Å²) < 4.78 is 6.48. The van der Waals surface area contributed by atoms with E-state index in [1.807, 2.05) is 6.07 Å². The highest BCUT2D eigenvalue weighted by Crippen LogP contribution is 2.23. The quantitative estimate of drug-likeness (QED) is 0.495. The van der Waals surface area contributed by atoms with Crippen molar-refractivity contribution in [2.75, 3.05) is 17.7 Å². The lowest BCUT2D eigenvalue weighted by molar-refractivity contribution is -0.132. The van der Waals surface area contributed by atoms with Gasteiger partial charge in [0, 0.05) is 35.2 Å². The van der Waals surface area contributed by atoms with Crippen LogP contribution >= 0.6 is 15.9 Å². The number of ether oxygens (including phenoxy) is 1. The number of carbonyl (C=O) groups excluding carboxylic acids is 3. The summed E-state index contributed by atoms with van der Waals surface area (Å²) in [5, 5.41) is 7.53. The Morgan fingerprint density at radius 3 is 2.23 bits per heavy atom. The van der Waals surface area contributed by atoms with Gasteiger partial charge in [-0.25, -0.2) is 0 Å². The van der Waals surface area contributed by atoms with Crippen molar-refractivity contribution in [3.05, 3.63) is 77.0 Å². The SMILES string of the molecule is CNC(=O)c1cc(Oc2ccc(NC(=O)C(=O)Nc3cccc(Br)c3)cc2)ccn1. The molecule has 3 N–H and O–H groups in total. The summed E-state index contributed by atoms with van der Waals surface area (Å²) in [5.41, 5.74) is 1.16. The van der Waals surface area contributed by atoms with E-state index in [4.69, 9.17) is 4.74 Å². The second kappa shape index (κ2) is 9.66. The summed E-state index contributed by atoms with van der Waals surface area (Å²) in [6, 6.07) is 16.5. The number of anilines is 2. The Bertz CT molecular complexity index is 1090. The number of hydrogen-bond donors (Lipinski definition) is 3. The first kappa shape index (κ1) is 21.0. The number of carbonyl (C=O) groups is 3. The minimum absolute atomic E-state index is 0.232.